The van der Waals surface area contributed by atoms with Gasteiger partial charge in [-0.25, -0.2) is 0 Å². The molecule has 0 amide bonds. The van der Waals surface area contributed by atoms with E-state index in [0.29, 0.717) is 6.42 Å². The van der Waals surface area contributed by atoms with E-state index in [0.717, 1.165) is 16.7 Å². The van der Waals surface area contributed by atoms with Crippen LogP contribution in [0.25, 0.3) is 0 Å². The highest BCUT2D eigenvalue weighted by molar-refractivity contribution is 7.81. The second-order valence-electron chi connectivity index (χ2n) is 5.62. The average Bonchev–Trinajstić information content (AvgIpc) is 2.21. The Hall–Kier alpha value is -1.16. The molecule has 18 heavy (non-hydrogen) atoms. The molecule has 100 valence electrons. The number of aliphatic carboxylic acids is 1. The van der Waals surface area contributed by atoms with Crippen LogP contribution in [-0.2, 0) is 16.6 Å². The maximum absolute atomic E-state index is 10.8. The van der Waals surface area contributed by atoms with Gasteiger partial charge in [0.05, 0.1) is 0 Å². The second-order valence-corrected chi connectivity index (χ2v) is 6.24. The molecule has 0 aliphatic heterocycles. The molecular formula is C14H20O3S. The lowest BCUT2D eigenvalue weighted by Gasteiger charge is -2.23. The Kier molecular flexibility index (Phi) is 4.32. The minimum absolute atomic E-state index is 0.180. The smallest absolute Gasteiger partial charge is 0.316 e. The summed E-state index contributed by atoms with van der Waals surface area (Å²) >= 11 is 4.04. The van der Waals surface area contributed by atoms with Gasteiger partial charge in [0.1, 0.15) is 11.0 Å². The number of hydrogen-bond donors (Lipinski definition) is 3. The summed E-state index contributed by atoms with van der Waals surface area (Å²) in [6.07, 6.45) is 0.350. The number of aryl methyl sites for hydroxylation is 1. The number of thiol groups is 1. The number of carboxylic acids is 1. The molecule has 0 aromatic heterocycles. The minimum atomic E-state index is -0.929. The highest BCUT2D eigenvalue weighted by Crippen LogP contribution is 2.34. The lowest BCUT2D eigenvalue weighted by Crippen LogP contribution is -2.17. The standard InChI is InChI=1S/C14H20O3S/c1-8-5-9(7-11(18)13(16)17)6-10(12(8)15)14(2,3)4/h5-6,11,15,18H,7H2,1-4H3,(H,16,17). The highest BCUT2D eigenvalue weighted by Gasteiger charge is 2.21. The zero-order valence-electron chi connectivity index (χ0n) is 11.2. The van der Waals surface area contributed by atoms with E-state index in [1.165, 1.54) is 0 Å². The Bertz CT molecular complexity index is 461. The van der Waals surface area contributed by atoms with E-state index in [-0.39, 0.29) is 11.2 Å². The molecule has 1 aromatic carbocycles. The molecule has 1 aromatic rings. The van der Waals surface area contributed by atoms with Crippen molar-refractivity contribution in [3.8, 4) is 5.75 Å². The second kappa shape index (κ2) is 5.22. The minimum Gasteiger partial charge on any atom is -0.507 e. The van der Waals surface area contributed by atoms with Crippen LogP contribution in [0, 0.1) is 6.92 Å². The van der Waals surface area contributed by atoms with Crippen LogP contribution in [0.1, 0.15) is 37.5 Å². The molecule has 3 nitrogen and oxygen atoms in total. The first-order chi connectivity index (χ1) is 8.12. The number of carbonyl (C=O) groups is 1. The SMILES string of the molecule is Cc1cc(CC(S)C(=O)O)cc(C(C)(C)C)c1O. The van der Waals surface area contributed by atoms with Crippen molar-refractivity contribution < 1.29 is 15.0 Å². The molecule has 4 heteroatoms. The number of rotatable bonds is 3. The molecule has 0 aliphatic rings. The van der Waals surface area contributed by atoms with Crippen molar-refractivity contribution in [2.75, 3.05) is 0 Å². The number of hydrogen-bond acceptors (Lipinski definition) is 3. The Morgan fingerprint density at radius 2 is 1.94 bits per heavy atom. The number of aromatic hydroxyl groups is 1. The third kappa shape index (κ3) is 3.42. The van der Waals surface area contributed by atoms with Gasteiger partial charge in [-0.15, -0.1) is 0 Å². The van der Waals surface area contributed by atoms with Crippen LogP contribution in [0.15, 0.2) is 12.1 Å². The Labute approximate surface area is 113 Å². The summed E-state index contributed by atoms with van der Waals surface area (Å²) in [6, 6.07) is 3.69. The van der Waals surface area contributed by atoms with Gasteiger partial charge in [-0.3, -0.25) is 4.79 Å². The fraction of sp³-hybridized carbons (Fsp3) is 0.500. The molecule has 0 bridgehead atoms. The fourth-order valence-electron chi connectivity index (χ4n) is 1.85. The van der Waals surface area contributed by atoms with E-state index in [1.54, 1.807) is 0 Å². The van der Waals surface area contributed by atoms with Crippen LogP contribution in [0.3, 0.4) is 0 Å². The van der Waals surface area contributed by atoms with Crippen molar-refractivity contribution >= 4 is 18.6 Å². The van der Waals surface area contributed by atoms with E-state index >= 15 is 0 Å². The third-order valence-corrected chi connectivity index (χ3v) is 3.29. The molecule has 1 unspecified atom stereocenters. The monoisotopic (exact) mass is 268 g/mol. The molecule has 0 aliphatic carbocycles. The summed E-state index contributed by atoms with van der Waals surface area (Å²) in [5, 5.41) is 18.2. The molecule has 0 fully saturated rings. The number of phenols is 1. The van der Waals surface area contributed by atoms with Crippen molar-refractivity contribution in [3.63, 3.8) is 0 Å². The van der Waals surface area contributed by atoms with Crippen molar-refractivity contribution in [1.82, 2.24) is 0 Å². The van der Waals surface area contributed by atoms with E-state index in [1.807, 2.05) is 39.8 Å². The van der Waals surface area contributed by atoms with Crippen molar-refractivity contribution in [3.05, 3.63) is 28.8 Å². The maximum atomic E-state index is 10.8. The average molecular weight is 268 g/mol. The van der Waals surface area contributed by atoms with Gasteiger partial charge in [0, 0.05) is 0 Å². The molecule has 0 heterocycles. The third-order valence-electron chi connectivity index (χ3n) is 2.88. The number of phenolic OH excluding ortho intramolecular Hbond substituents is 1. The molecule has 0 saturated heterocycles. The molecular weight excluding hydrogens is 248 g/mol. The van der Waals surface area contributed by atoms with Crippen LogP contribution in [-0.4, -0.2) is 21.4 Å². The first-order valence-electron chi connectivity index (χ1n) is 5.86. The largest absolute Gasteiger partial charge is 0.507 e. The van der Waals surface area contributed by atoms with Crippen LogP contribution in [0.4, 0.5) is 0 Å². The normalized spacial score (nSPS) is 13.4. The van der Waals surface area contributed by atoms with Crippen LogP contribution in [0.2, 0.25) is 0 Å². The van der Waals surface area contributed by atoms with Gasteiger partial charge in [-0.05, 0) is 35.4 Å². The topological polar surface area (TPSA) is 57.5 Å². The number of benzene rings is 1. The summed E-state index contributed by atoms with van der Waals surface area (Å²) in [5.74, 6) is -0.640. The molecule has 1 rings (SSSR count). The van der Waals surface area contributed by atoms with E-state index in [4.69, 9.17) is 5.11 Å². The van der Waals surface area contributed by atoms with Crippen molar-refractivity contribution in [2.45, 2.75) is 44.8 Å². The zero-order valence-corrected chi connectivity index (χ0v) is 12.1. The zero-order chi connectivity index (χ0) is 14.1. The summed E-state index contributed by atoms with van der Waals surface area (Å²) in [5.41, 5.74) is 2.31. The Morgan fingerprint density at radius 3 is 2.39 bits per heavy atom. The number of carboxylic acid groups (broad SMARTS) is 1. The van der Waals surface area contributed by atoms with Gasteiger partial charge in [-0.1, -0.05) is 32.9 Å². The summed E-state index contributed by atoms with van der Waals surface area (Å²) in [6.45, 7) is 7.87. The predicted octanol–water partition coefficient (Wildman–Crippen LogP) is 2.92. The molecule has 0 radical (unpaired) electrons. The molecule has 2 N–H and O–H groups in total. The van der Waals surface area contributed by atoms with Gasteiger partial charge in [0.25, 0.3) is 0 Å². The van der Waals surface area contributed by atoms with Gasteiger partial charge in [-0.2, -0.15) is 12.6 Å². The molecule has 1 atom stereocenters. The lowest BCUT2D eigenvalue weighted by molar-refractivity contribution is -0.136. The maximum Gasteiger partial charge on any atom is 0.316 e. The van der Waals surface area contributed by atoms with Crippen LogP contribution >= 0.6 is 12.6 Å². The van der Waals surface area contributed by atoms with E-state index in [2.05, 4.69) is 12.6 Å². The fourth-order valence-corrected chi connectivity index (χ4v) is 2.07. The van der Waals surface area contributed by atoms with Crippen LogP contribution < -0.4 is 0 Å². The first-order valence-corrected chi connectivity index (χ1v) is 6.38. The molecule has 0 saturated carbocycles. The summed E-state index contributed by atoms with van der Waals surface area (Å²) < 4.78 is 0. The highest BCUT2D eigenvalue weighted by atomic mass is 32.1. The first kappa shape index (κ1) is 14.9. The lowest BCUT2D eigenvalue weighted by atomic mass is 9.83. The van der Waals surface area contributed by atoms with Gasteiger partial charge >= 0.3 is 5.97 Å². The van der Waals surface area contributed by atoms with Gasteiger partial charge in [0.15, 0.2) is 0 Å². The van der Waals surface area contributed by atoms with Crippen LogP contribution in [0.5, 0.6) is 5.75 Å². The predicted molar refractivity (Wildman–Crippen MR) is 75.7 cm³/mol. The molecule has 0 spiro atoms. The van der Waals surface area contributed by atoms with E-state index < -0.39 is 11.2 Å². The van der Waals surface area contributed by atoms with Gasteiger partial charge in [0.2, 0.25) is 0 Å². The van der Waals surface area contributed by atoms with Crippen molar-refractivity contribution in [2.24, 2.45) is 0 Å². The summed E-state index contributed by atoms with van der Waals surface area (Å²) in [7, 11) is 0. The Balaban J connectivity index is 3.17. The quantitative estimate of drug-likeness (QED) is 0.739. The Morgan fingerprint density at radius 1 is 1.39 bits per heavy atom. The van der Waals surface area contributed by atoms with E-state index in [9.17, 15) is 9.90 Å². The summed E-state index contributed by atoms with van der Waals surface area (Å²) in [4.78, 5) is 10.8. The van der Waals surface area contributed by atoms with Gasteiger partial charge < -0.3 is 10.2 Å². The van der Waals surface area contributed by atoms with Crippen molar-refractivity contribution in [1.29, 1.82) is 0 Å².